The Morgan fingerprint density at radius 2 is 1.80 bits per heavy atom. The molecule has 0 aliphatic heterocycles. The molecule has 0 heterocycles. The molecule has 0 bridgehead atoms. The van der Waals surface area contributed by atoms with Crippen LogP contribution in [-0.2, 0) is 11.3 Å². The molecule has 0 atom stereocenters. The van der Waals surface area contributed by atoms with Crippen molar-refractivity contribution in [1.29, 1.82) is 0 Å². The van der Waals surface area contributed by atoms with Crippen molar-refractivity contribution < 1.29 is 14.0 Å². The maximum atomic E-state index is 13.0. The average molecular weight is 340 g/mol. The first kappa shape index (κ1) is 17.3. The lowest BCUT2D eigenvalue weighted by Gasteiger charge is -2.22. The van der Waals surface area contributed by atoms with Gasteiger partial charge in [-0.15, -0.1) is 0 Å². The van der Waals surface area contributed by atoms with Gasteiger partial charge in [0.2, 0.25) is 5.91 Å². The molecule has 1 amide bonds. The zero-order valence-corrected chi connectivity index (χ0v) is 14.2. The average Bonchev–Trinajstić information content (AvgIpc) is 3.41. The fourth-order valence-electron chi connectivity index (χ4n) is 2.85. The van der Waals surface area contributed by atoms with Crippen molar-refractivity contribution in [3.63, 3.8) is 0 Å². The van der Waals surface area contributed by atoms with Crippen LogP contribution in [0, 0.1) is 5.82 Å². The number of nitrogens with zero attached hydrogens (tertiary/aromatic N) is 1. The van der Waals surface area contributed by atoms with Crippen molar-refractivity contribution in [3.05, 3.63) is 65.5 Å². The van der Waals surface area contributed by atoms with Gasteiger partial charge < -0.3 is 5.32 Å². The number of anilines is 1. The van der Waals surface area contributed by atoms with Gasteiger partial charge in [-0.1, -0.05) is 24.3 Å². The van der Waals surface area contributed by atoms with E-state index >= 15 is 0 Å². The molecule has 0 radical (unpaired) electrons. The number of carbonyl (C=O) groups excluding carboxylic acids is 2. The predicted molar refractivity (Wildman–Crippen MR) is 94.9 cm³/mol. The lowest BCUT2D eigenvalue weighted by atomic mass is 10.1. The molecule has 1 aliphatic carbocycles. The van der Waals surface area contributed by atoms with Gasteiger partial charge in [0.1, 0.15) is 5.82 Å². The summed E-state index contributed by atoms with van der Waals surface area (Å²) in [6.07, 6.45) is 2.14. The van der Waals surface area contributed by atoms with E-state index in [1.807, 2.05) is 0 Å². The van der Waals surface area contributed by atoms with Gasteiger partial charge in [-0.2, -0.15) is 0 Å². The van der Waals surface area contributed by atoms with Crippen molar-refractivity contribution in [3.8, 4) is 0 Å². The molecule has 130 valence electrons. The number of rotatable bonds is 7. The van der Waals surface area contributed by atoms with Gasteiger partial charge in [0.15, 0.2) is 5.78 Å². The summed E-state index contributed by atoms with van der Waals surface area (Å²) in [5, 5.41) is 2.84. The monoisotopic (exact) mass is 340 g/mol. The van der Waals surface area contributed by atoms with Crippen molar-refractivity contribution in [1.82, 2.24) is 4.90 Å². The molecule has 0 unspecified atom stereocenters. The largest absolute Gasteiger partial charge is 0.324 e. The van der Waals surface area contributed by atoms with Crippen LogP contribution in [0.1, 0.15) is 35.7 Å². The van der Waals surface area contributed by atoms with E-state index < -0.39 is 0 Å². The molecule has 25 heavy (non-hydrogen) atoms. The van der Waals surface area contributed by atoms with Gasteiger partial charge >= 0.3 is 0 Å². The van der Waals surface area contributed by atoms with Crippen LogP contribution in [-0.4, -0.2) is 29.2 Å². The highest BCUT2D eigenvalue weighted by molar-refractivity contribution is 6.04. The molecular weight excluding hydrogens is 319 g/mol. The summed E-state index contributed by atoms with van der Waals surface area (Å²) in [6.45, 7) is 2.33. The van der Waals surface area contributed by atoms with Gasteiger partial charge in [-0.05, 0) is 49.6 Å². The third-order valence-corrected chi connectivity index (χ3v) is 4.29. The third kappa shape index (κ3) is 4.73. The Bertz CT molecular complexity index is 770. The van der Waals surface area contributed by atoms with E-state index in [9.17, 15) is 14.0 Å². The second-order valence-electron chi connectivity index (χ2n) is 6.41. The number of ketones is 1. The second kappa shape index (κ2) is 7.57. The van der Waals surface area contributed by atoms with E-state index in [-0.39, 0.29) is 24.1 Å². The lowest BCUT2D eigenvalue weighted by Crippen LogP contribution is -2.34. The number of hydrogen-bond acceptors (Lipinski definition) is 3. The van der Waals surface area contributed by atoms with Crippen LogP contribution in [0.5, 0.6) is 0 Å². The lowest BCUT2D eigenvalue weighted by molar-refractivity contribution is -0.117. The highest BCUT2D eigenvalue weighted by Gasteiger charge is 2.30. The maximum Gasteiger partial charge on any atom is 0.238 e. The number of amides is 1. The minimum Gasteiger partial charge on any atom is -0.324 e. The first-order chi connectivity index (χ1) is 12.0. The first-order valence-electron chi connectivity index (χ1n) is 8.41. The van der Waals surface area contributed by atoms with Gasteiger partial charge in [-0.25, -0.2) is 4.39 Å². The zero-order valence-electron chi connectivity index (χ0n) is 14.2. The predicted octanol–water partition coefficient (Wildman–Crippen LogP) is 3.63. The molecule has 2 aromatic carbocycles. The smallest absolute Gasteiger partial charge is 0.238 e. The van der Waals surface area contributed by atoms with E-state index in [0.29, 0.717) is 23.8 Å². The molecule has 1 aliphatic rings. The summed E-state index contributed by atoms with van der Waals surface area (Å²) in [6, 6.07) is 13.7. The van der Waals surface area contributed by atoms with Crippen LogP contribution in [0.3, 0.4) is 0 Å². The van der Waals surface area contributed by atoms with E-state index in [1.54, 1.807) is 36.4 Å². The molecule has 3 rings (SSSR count). The summed E-state index contributed by atoms with van der Waals surface area (Å²) < 4.78 is 13.0. The minimum atomic E-state index is -0.264. The van der Waals surface area contributed by atoms with Gasteiger partial charge in [0, 0.05) is 18.2 Å². The van der Waals surface area contributed by atoms with Crippen molar-refractivity contribution in [2.45, 2.75) is 32.4 Å². The Kier molecular flexibility index (Phi) is 5.24. The molecular formula is C20H21FN2O2. The zero-order chi connectivity index (χ0) is 17.8. The van der Waals surface area contributed by atoms with Crippen LogP contribution in [0.4, 0.5) is 10.1 Å². The maximum absolute atomic E-state index is 13.0. The number of halogens is 1. The molecule has 0 spiro atoms. The quantitative estimate of drug-likeness (QED) is 0.783. The molecule has 1 fully saturated rings. The van der Waals surface area contributed by atoms with Crippen LogP contribution < -0.4 is 5.32 Å². The van der Waals surface area contributed by atoms with Crippen LogP contribution in [0.15, 0.2) is 48.5 Å². The highest BCUT2D eigenvalue weighted by Crippen LogP contribution is 2.28. The van der Waals surface area contributed by atoms with Crippen molar-refractivity contribution >= 4 is 17.4 Å². The molecule has 1 N–H and O–H groups in total. The molecule has 1 saturated carbocycles. The van der Waals surface area contributed by atoms with Crippen LogP contribution in [0.2, 0.25) is 0 Å². The van der Waals surface area contributed by atoms with Crippen molar-refractivity contribution in [2.24, 2.45) is 0 Å². The SMILES string of the molecule is CC(=O)c1ccccc1NC(=O)CN(Cc1ccc(F)cc1)C1CC1. The van der Waals surface area contributed by atoms with Gasteiger partial charge in [-0.3, -0.25) is 14.5 Å². The first-order valence-corrected chi connectivity index (χ1v) is 8.41. The fraction of sp³-hybridized carbons (Fsp3) is 0.300. The normalized spacial score (nSPS) is 13.7. The molecule has 0 saturated heterocycles. The fourth-order valence-corrected chi connectivity index (χ4v) is 2.85. The number of nitrogens with one attached hydrogen (secondary N) is 1. The van der Waals surface area contributed by atoms with E-state index in [1.165, 1.54) is 19.1 Å². The number of para-hydroxylation sites is 1. The summed E-state index contributed by atoms with van der Waals surface area (Å²) in [5.74, 6) is -0.496. The summed E-state index contributed by atoms with van der Waals surface area (Å²) in [4.78, 5) is 26.2. The van der Waals surface area contributed by atoms with E-state index in [2.05, 4.69) is 10.2 Å². The molecule has 5 heteroatoms. The number of Topliss-reactive ketones (excluding diaryl/α,β-unsaturated/α-hetero) is 1. The second-order valence-corrected chi connectivity index (χ2v) is 6.41. The van der Waals surface area contributed by atoms with Gasteiger partial charge in [0.25, 0.3) is 0 Å². The Hall–Kier alpha value is -2.53. The third-order valence-electron chi connectivity index (χ3n) is 4.29. The number of hydrogen-bond donors (Lipinski definition) is 1. The number of benzene rings is 2. The molecule has 2 aromatic rings. The standard InChI is InChI=1S/C20H21FN2O2/c1-14(24)18-4-2-3-5-19(18)22-20(25)13-23(17-10-11-17)12-15-6-8-16(21)9-7-15/h2-9,17H,10-13H2,1H3,(H,22,25). The topological polar surface area (TPSA) is 49.4 Å². The van der Waals surface area contributed by atoms with E-state index in [4.69, 9.17) is 0 Å². The highest BCUT2D eigenvalue weighted by atomic mass is 19.1. The Balaban J connectivity index is 1.65. The number of carbonyl (C=O) groups is 2. The Morgan fingerprint density at radius 3 is 2.44 bits per heavy atom. The minimum absolute atomic E-state index is 0.0822. The molecule has 4 nitrogen and oxygen atoms in total. The van der Waals surface area contributed by atoms with Crippen molar-refractivity contribution in [2.75, 3.05) is 11.9 Å². The summed E-state index contributed by atoms with van der Waals surface area (Å²) in [5.41, 5.74) is 2.02. The Morgan fingerprint density at radius 1 is 1.12 bits per heavy atom. The van der Waals surface area contributed by atoms with E-state index in [0.717, 1.165) is 18.4 Å². The van der Waals surface area contributed by atoms with Gasteiger partial charge in [0.05, 0.1) is 12.2 Å². The van der Waals surface area contributed by atoms with Crippen LogP contribution >= 0.6 is 0 Å². The summed E-state index contributed by atoms with van der Waals surface area (Å²) >= 11 is 0. The molecule has 0 aromatic heterocycles. The van der Waals surface area contributed by atoms with Crippen LogP contribution in [0.25, 0.3) is 0 Å². The summed E-state index contributed by atoms with van der Waals surface area (Å²) in [7, 11) is 0. The Labute approximate surface area is 146 Å².